The zero-order chi connectivity index (χ0) is 24.5. The minimum atomic E-state index is -0.436. The summed E-state index contributed by atoms with van der Waals surface area (Å²) in [6, 6.07) is 14.2. The van der Waals surface area contributed by atoms with Crippen molar-refractivity contribution in [2.24, 2.45) is 5.92 Å². The Morgan fingerprint density at radius 1 is 1.09 bits per heavy atom. The third-order valence-electron chi connectivity index (χ3n) is 6.68. The van der Waals surface area contributed by atoms with Gasteiger partial charge in [0.05, 0.1) is 4.91 Å². The van der Waals surface area contributed by atoms with Crippen LogP contribution < -0.4 is 0 Å². The highest BCUT2D eigenvalue weighted by Crippen LogP contribution is 2.34. The number of likely N-dealkylation sites (tertiary alicyclic amines) is 1. The molecule has 2 fully saturated rings. The van der Waals surface area contributed by atoms with Crippen LogP contribution in [0.4, 0.5) is 9.18 Å². The average molecular weight is 492 g/mol. The van der Waals surface area contributed by atoms with E-state index in [9.17, 15) is 18.8 Å². The van der Waals surface area contributed by atoms with Gasteiger partial charge in [-0.2, -0.15) is 0 Å². The lowest BCUT2D eigenvalue weighted by Crippen LogP contribution is -2.45. The lowest BCUT2D eigenvalue weighted by Gasteiger charge is -2.31. The van der Waals surface area contributed by atoms with Gasteiger partial charge in [-0.3, -0.25) is 19.3 Å². The van der Waals surface area contributed by atoms with Crippen LogP contribution in [0.2, 0.25) is 0 Å². The normalized spacial score (nSPS) is 18.3. The number of carbonyl (C=O) groups excluding carboxylic acids is 3. The molecule has 0 saturated carbocycles. The first kappa shape index (κ1) is 23.4. The molecule has 0 aliphatic carbocycles. The van der Waals surface area contributed by atoms with Gasteiger partial charge in [-0.25, -0.2) is 4.39 Å². The number of amides is 3. The summed E-state index contributed by atoms with van der Waals surface area (Å²) in [6.45, 7) is 3.82. The molecule has 2 aromatic carbocycles. The van der Waals surface area contributed by atoms with Crippen LogP contribution in [0, 0.1) is 11.7 Å². The van der Waals surface area contributed by atoms with E-state index in [2.05, 4.69) is 6.92 Å². The van der Waals surface area contributed by atoms with Crippen molar-refractivity contribution in [2.45, 2.75) is 26.3 Å². The summed E-state index contributed by atoms with van der Waals surface area (Å²) >= 11 is 0.866. The topological polar surface area (TPSA) is 62.6 Å². The molecular formula is C27H26FN3O3S. The fraction of sp³-hybridized carbons (Fsp3) is 0.296. The highest BCUT2D eigenvalue weighted by Gasteiger charge is 2.37. The van der Waals surface area contributed by atoms with E-state index in [0.29, 0.717) is 30.5 Å². The van der Waals surface area contributed by atoms with E-state index in [1.165, 1.54) is 12.1 Å². The Hall–Kier alpha value is -3.39. The van der Waals surface area contributed by atoms with E-state index in [-0.39, 0.29) is 18.3 Å². The summed E-state index contributed by atoms with van der Waals surface area (Å²) in [6.07, 6.45) is 5.54. The maximum Gasteiger partial charge on any atom is 0.294 e. The molecule has 2 aliphatic heterocycles. The number of para-hydroxylation sites is 1. The van der Waals surface area contributed by atoms with Gasteiger partial charge >= 0.3 is 0 Å². The highest BCUT2D eigenvalue weighted by atomic mass is 32.2. The van der Waals surface area contributed by atoms with Gasteiger partial charge in [0, 0.05) is 42.3 Å². The summed E-state index contributed by atoms with van der Waals surface area (Å²) in [7, 11) is 0. The fourth-order valence-corrected chi connectivity index (χ4v) is 5.41. The SMILES string of the molecule is CC1CCN(C(=O)CN2C(=O)SC(=Cc3cn(Cc4ccc(F)cc4)c4ccccc34)C2=O)CC1. The molecule has 2 saturated heterocycles. The van der Waals surface area contributed by atoms with Gasteiger partial charge in [-0.15, -0.1) is 0 Å². The van der Waals surface area contributed by atoms with Gasteiger partial charge in [-0.1, -0.05) is 37.3 Å². The molecule has 6 nitrogen and oxygen atoms in total. The lowest BCUT2D eigenvalue weighted by atomic mass is 9.99. The number of rotatable bonds is 5. The van der Waals surface area contributed by atoms with Gasteiger partial charge in [0.25, 0.3) is 11.1 Å². The molecule has 3 heterocycles. The predicted molar refractivity (Wildman–Crippen MR) is 135 cm³/mol. The van der Waals surface area contributed by atoms with Crippen molar-refractivity contribution >= 4 is 45.8 Å². The molecule has 180 valence electrons. The molecule has 3 aromatic rings. The van der Waals surface area contributed by atoms with E-state index in [0.717, 1.165) is 51.5 Å². The highest BCUT2D eigenvalue weighted by molar-refractivity contribution is 8.18. The molecule has 0 radical (unpaired) electrons. The first-order valence-electron chi connectivity index (χ1n) is 11.7. The van der Waals surface area contributed by atoms with Crippen LogP contribution in [0.5, 0.6) is 0 Å². The first-order chi connectivity index (χ1) is 16.9. The molecule has 0 spiro atoms. The van der Waals surface area contributed by atoms with E-state index in [1.54, 1.807) is 23.1 Å². The zero-order valence-electron chi connectivity index (χ0n) is 19.4. The van der Waals surface area contributed by atoms with Crippen molar-refractivity contribution in [3.05, 3.63) is 76.6 Å². The summed E-state index contributed by atoms with van der Waals surface area (Å²) in [5, 5.41) is 0.523. The maximum absolute atomic E-state index is 13.3. The van der Waals surface area contributed by atoms with Crippen molar-refractivity contribution in [3.8, 4) is 0 Å². The first-order valence-corrected chi connectivity index (χ1v) is 12.6. The molecule has 0 unspecified atom stereocenters. The van der Waals surface area contributed by atoms with Crippen molar-refractivity contribution in [1.82, 2.24) is 14.4 Å². The summed E-state index contributed by atoms with van der Waals surface area (Å²) in [4.78, 5) is 41.5. The Labute approximate surface area is 207 Å². The molecule has 0 atom stereocenters. The Morgan fingerprint density at radius 2 is 1.80 bits per heavy atom. The standard InChI is InChI=1S/C27H26FN3O3S/c1-18-10-12-29(13-11-18)25(32)17-31-26(33)24(35-27(31)34)14-20-16-30(23-5-3-2-4-22(20)23)15-19-6-8-21(28)9-7-19/h2-9,14,16,18H,10-13,15,17H2,1H3. The Bertz CT molecular complexity index is 1320. The second kappa shape index (κ2) is 9.70. The van der Waals surface area contributed by atoms with E-state index in [1.807, 2.05) is 35.0 Å². The van der Waals surface area contributed by atoms with E-state index in [4.69, 9.17) is 0 Å². The minimum Gasteiger partial charge on any atom is -0.342 e. The molecule has 5 rings (SSSR count). The smallest absolute Gasteiger partial charge is 0.294 e. The average Bonchev–Trinajstić information content (AvgIpc) is 3.33. The number of hydrogen-bond donors (Lipinski definition) is 0. The summed E-state index contributed by atoms with van der Waals surface area (Å²) in [5.41, 5.74) is 2.73. The third-order valence-corrected chi connectivity index (χ3v) is 7.58. The number of carbonyl (C=O) groups is 3. The maximum atomic E-state index is 13.3. The monoisotopic (exact) mass is 491 g/mol. The van der Waals surface area contributed by atoms with Crippen LogP contribution in [0.1, 0.15) is 30.9 Å². The van der Waals surface area contributed by atoms with Crippen molar-refractivity contribution in [1.29, 1.82) is 0 Å². The number of hydrogen-bond acceptors (Lipinski definition) is 4. The molecule has 8 heteroatoms. The van der Waals surface area contributed by atoms with Crippen molar-refractivity contribution in [2.75, 3.05) is 19.6 Å². The number of thioether (sulfide) groups is 1. The van der Waals surface area contributed by atoms with Gasteiger partial charge in [0.15, 0.2) is 0 Å². The number of benzene rings is 2. The minimum absolute atomic E-state index is 0.184. The molecule has 35 heavy (non-hydrogen) atoms. The third kappa shape index (κ3) is 4.89. The predicted octanol–water partition coefficient (Wildman–Crippen LogP) is 5.12. The van der Waals surface area contributed by atoms with Gasteiger partial charge in [0.1, 0.15) is 12.4 Å². The van der Waals surface area contributed by atoms with Crippen LogP contribution in [-0.2, 0) is 16.1 Å². The van der Waals surface area contributed by atoms with E-state index >= 15 is 0 Å². The van der Waals surface area contributed by atoms with Gasteiger partial charge < -0.3 is 9.47 Å². The van der Waals surface area contributed by atoms with E-state index < -0.39 is 11.1 Å². The Kier molecular flexibility index (Phi) is 6.47. The fourth-order valence-electron chi connectivity index (χ4n) is 4.58. The molecule has 3 amide bonds. The lowest BCUT2D eigenvalue weighted by molar-refractivity contribution is -0.136. The zero-order valence-corrected chi connectivity index (χ0v) is 20.3. The summed E-state index contributed by atoms with van der Waals surface area (Å²) in [5.74, 6) is -0.314. The van der Waals surface area contributed by atoms with Crippen LogP contribution in [-0.4, -0.2) is 51.1 Å². The van der Waals surface area contributed by atoms with Gasteiger partial charge in [0.2, 0.25) is 5.91 Å². The molecule has 1 aromatic heterocycles. The molecule has 0 N–H and O–H groups in total. The second-order valence-electron chi connectivity index (χ2n) is 9.19. The number of nitrogens with zero attached hydrogens (tertiary/aromatic N) is 3. The number of halogens is 1. The largest absolute Gasteiger partial charge is 0.342 e. The van der Waals surface area contributed by atoms with Crippen LogP contribution in [0.15, 0.2) is 59.6 Å². The molecular weight excluding hydrogens is 465 g/mol. The van der Waals surface area contributed by atoms with Crippen LogP contribution in [0.3, 0.4) is 0 Å². The van der Waals surface area contributed by atoms with Crippen molar-refractivity contribution in [3.63, 3.8) is 0 Å². The molecule has 2 aliphatic rings. The number of aromatic nitrogens is 1. The molecule has 0 bridgehead atoms. The number of piperidine rings is 1. The van der Waals surface area contributed by atoms with Crippen LogP contribution >= 0.6 is 11.8 Å². The van der Waals surface area contributed by atoms with Crippen LogP contribution in [0.25, 0.3) is 17.0 Å². The second-order valence-corrected chi connectivity index (χ2v) is 10.2. The van der Waals surface area contributed by atoms with Gasteiger partial charge in [-0.05, 0) is 60.4 Å². The summed E-state index contributed by atoms with van der Waals surface area (Å²) < 4.78 is 15.3. The Balaban J connectivity index is 1.37. The Morgan fingerprint density at radius 3 is 2.54 bits per heavy atom. The quantitative estimate of drug-likeness (QED) is 0.465. The number of fused-ring (bicyclic) bond motifs is 1. The van der Waals surface area contributed by atoms with Crippen molar-refractivity contribution < 1.29 is 18.8 Å². The number of imide groups is 1.